The first-order chi connectivity index (χ1) is 7.75. The minimum atomic E-state index is -3.68. The Morgan fingerprint density at radius 1 is 1.53 bits per heavy atom. The third-order valence-electron chi connectivity index (χ3n) is 2.10. The first-order valence-electron chi connectivity index (χ1n) is 4.84. The molecule has 1 aromatic carbocycles. The van der Waals surface area contributed by atoms with Gasteiger partial charge in [-0.05, 0) is 25.1 Å². The van der Waals surface area contributed by atoms with Crippen LogP contribution >= 0.6 is 27.5 Å². The Morgan fingerprint density at radius 3 is 2.65 bits per heavy atom. The summed E-state index contributed by atoms with van der Waals surface area (Å²) in [5.41, 5.74) is 0. The van der Waals surface area contributed by atoms with E-state index in [0.717, 1.165) is 4.31 Å². The second kappa shape index (κ2) is 5.67. The molecule has 96 valence electrons. The highest BCUT2D eigenvalue weighted by molar-refractivity contribution is 9.10. The number of halogens is 2. The summed E-state index contributed by atoms with van der Waals surface area (Å²) in [4.78, 5) is 0.0247. The van der Waals surface area contributed by atoms with Crippen molar-refractivity contribution in [2.24, 2.45) is 0 Å². The molecule has 1 aromatic rings. The minimum absolute atomic E-state index is 0.0190. The van der Waals surface area contributed by atoms with Crippen molar-refractivity contribution in [2.45, 2.75) is 17.9 Å². The van der Waals surface area contributed by atoms with Gasteiger partial charge in [0.2, 0.25) is 10.0 Å². The lowest BCUT2D eigenvalue weighted by molar-refractivity contribution is 0.171. The molecule has 1 atom stereocenters. The Balaban J connectivity index is 3.17. The van der Waals surface area contributed by atoms with Gasteiger partial charge in [-0.3, -0.25) is 0 Å². The molecule has 0 heterocycles. The van der Waals surface area contributed by atoms with Crippen LogP contribution in [0, 0.1) is 0 Å². The molecule has 0 aliphatic carbocycles. The molecule has 0 saturated heterocycles. The fourth-order valence-corrected chi connectivity index (χ4v) is 3.57. The Hall–Kier alpha value is -0.140. The van der Waals surface area contributed by atoms with Gasteiger partial charge >= 0.3 is 0 Å². The van der Waals surface area contributed by atoms with E-state index in [4.69, 9.17) is 11.6 Å². The minimum Gasteiger partial charge on any atom is -0.392 e. The van der Waals surface area contributed by atoms with E-state index in [2.05, 4.69) is 15.9 Å². The van der Waals surface area contributed by atoms with Crippen molar-refractivity contribution in [3.63, 3.8) is 0 Å². The van der Waals surface area contributed by atoms with Gasteiger partial charge in [0.15, 0.2) is 0 Å². The zero-order chi connectivity index (χ0) is 13.2. The molecule has 0 spiro atoms. The summed E-state index contributed by atoms with van der Waals surface area (Å²) in [5, 5.41) is 9.37. The number of hydrogen-bond donors (Lipinski definition) is 1. The molecule has 0 fully saturated rings. The van der Waals surface area contributed by atoms with Crippen LogP contribution in [0.15, 0.2) is 27.6 Å². The lowest BCUT2D eigenvalue weighted by Crippen LogP contribution is -2.33. The van der Waals surface area contributed by atoms with Gasteiger partial charge in [-0.2, -0.15) is 4.31 Å². The summed E-state index contributed by atoms with van der Waals surface area (Å²) in [6, 6.07) is 4.61. The smallest absolute Gasteiger partial charge is 0.244 e. The normalized spacial score (nSPS) is 14.0. The van der Waals surface area contributed by atoms with Crippen molar-refractivity contribution in [3.8, 4) is 0 Å². The topological polar surface area (TPSA) is 57.6 Å². The van der Waals surface area contributed by atoms with Gasteiger partial charge in [0.25, 0.3) is 0 Å². The average Bonchev–Trinajstić information content (AvgIpc) is 2.20. The molecule has 0 saturated carbocycles. The molecule has 0 radical (unpaired) electrons. The van der Waals surface area contributed by atoms with Crippen LogP contribution < -0.4 is 0 Å². The van der Waals surface area contributed by atoms with Crippen LogP contribution in [0.25, 0.3) is 0 Å². The van der Waals surface area contributed by atoms with Gasteiger partial charge in [-0.15, -0.1) is 0 Å². The van der Waals surface area contributed by atoms with Crippen molar-refractivity contribution in [1.29, 1.82) is 0 Å². The van der Waals surface area contributed by atoms with Crippen molar-refractivity contribution in [3.05, 3.63) is 27.7 Å². The highest BCUT2D eigenvalue weighted by atomic mass is 79.9. The number of aliphatic hydroxyl groups excluding tert-OH is 1. The van der Waals surface area contributed by atoms with Crippen LogP contribution in [0.5, 0.6) is 0 Å². The van der Waals surface area contributed by atoms with E-state index in [1.54, 1.807) is 6.07 Å². The number of rotatable bonds is 4. The number of likely N-dealkylation sites (N-methyl/N-ethyl adjacent to an activating group) is 1. The summed E-state index contributed by atoms with van der Waals surface area (Å²) in [6.07, 6.45) is -0.735. The van der Waals surface area contributed by atoms with Crippen molar-refractivity contribution >= 4 is 37.6 Å². The number of benzene rings is 1. The summed E-state index contributed by atoms with van der Waals surface area (Å²) in [5.74, 6) is 0. The zero-order valence-electron chi connectivity index (χ0n) is 9.39. The van der Waals surface area contributed by atoms with Gasteiger partial charge < -0.3 is 5.11 Å². The second-order valence-electron chi connectivity index (χ2n) is 3.71. The lowest BCUT2D eigenvalue weighted by atomic mass is 10.4. The first kappa shape index (κ1) is 14.9. The monoisotopic (exact) mass is 341 g/mol. The largest absolute Gasteiger partial charge is 0.392 e. The molecule has 7 heteroatoms. The van der Waals surface area contributed by atoms with Crippen LogP contribution in [0.1, 0.15) is 6.92 Å². The quantitative estimate of drug-likeness (QED) is 0.911. The molecule has 17 heavy (non-hydrogen) atoms. The third kappa shape index (κ3) is 3.66. The summed E-state index contributed by atoms with van der Waals surface area (Å²) in [7, 11) is -2.27. The molecule has 0 aliphatic heterocycles. The van der Waals surface area contributed by atoms with Gasteiger partial charge in [0.05, 0.1) is 11.1 Å². The van der Waals surface area contributed by atoms with Crippen molar-refractivity contribution < 1.29 is 13.5 Å². The number of aliphatic hydroxyl groups is 1. The maximum absolute atomic E-state index is 12.2. The zero-order valence-corrected chi connectivity index (χ0v) is 12.6. The summed E-state index contributed by atoms with van der Waals surface area (Å²) >= 11 is 9.07. The fourth-order valence-electron chi connectivity index (χ4n) is 1.31. The average molecular weight is 343 g/mol. The fraction of sp³-hybridized carbons (Fsp3) is 0.400. The van der Waals surface area contributed by atoms with E-state index in [1.165, 1.54) is 26.1 Å². The molecule has 1 N–H and O–H groups in total. The van der Waals surface area contributed by atoms with E-state index >= 15 is 0 Å². The lowest BCUT2D eigenvalue weighted by Gasteiger charge is -2.19. The van der Waals surface area contributed by atoms with Crippen LogP contribution in [0.2, 0.25) is 5.02 Å². The van der Waals surface area contributed by atoms with Gasteiger partial charge in [-0.1, -0.05) is 27.5 Å². The van der Waals surface area contributed by atoms with Gasteiger partial charge in [-0.25, -0.2) is 8.42 Å². The molecule has 0 unspecified atom stereocenters. The molecule has 0 aliphatic rings. The Bertz CT molecular complexity index is 504. The van der Waals surface area contributed by atoms with Gasteiger partial charge in [0, 0.05) is 18.1 Å². The van der Waals surface area contributed by atoms with Crippen LogP contribution in [-0.4, -0.2) is 37.5 Å². The first-order valence-corrected chi connectivity index (χ1v) is 7.45. The predicted octanol–water partition coefficient (Wildman–Crippen LogP) is 2.10. The Labute approximate surface area is 114 Å². The molecular formula is C10H13BrClNO3S. The molecule has 0 amide bonds. The van der Waals surface area contributed by atoms with Crippen molar-refractivity contribution in [2.75, 3.05) is 13.6 Å². The van der Waals surface area contributed by atoms with E-state index in [9.17, 15) is 13.5 Å². The molecule has 4 nitrogen and oxygen atoms in total. The maximum Gasteiger partial charge on any atom is 0.244 e. The molecule has 0 bridgehead atoms. The van der Waals surface area contributed by atoms with Gasteiger partial charge in [0.1, 0.15) is 4.90 Å². The van der Waals surface area contributed by atoms with Crippen LogP contribution in [0.3, 0.4) is 0 Å². The molecule has 0 aromatic heterocycles. The maximum atomic E-state index is 12.2. The van der Waals surface area contributed by atoms with Crippen LogP contribution in [-0.2, 0) is 10.0 Å². The predicted molar refractivity (Wildman–Crippen MR) is 70.6 cm³/mol. The summed E-state index contributed by atoms with van der Waals surface area (Å²) in [6.45, 7) is 1.54. The molecular weight excluding hydrogens is 330 g/mol. The Kier molecular flexibility index (Phi) is 4.97. The van der Waals surface area contributed by atoms with E-state index < -0.39 is 16.1 Å². The number of sulfonamides is 1. The Morgan fingerprint density at radius 2 is 2.12 bits per heavy atom. The van der Waals surface area contributed by atoms with E-state index in [-0.39, 0.29) is 16.5 Å². The summed E-state index contributed by atoms with van der Waals surface area (Å²) < 4.78 is 26.0. The third-order valence-corrected chi connectivity index (χ3v) is 4.90. The van der Waals surface area contributed by atoms with Crippen LogP contribution in [0.4, 0.5) is 0 Å². The highest BCUT2D eigenvalue weighted by Gasteiger charge is 2.24. The SMILES string of the molecule is C[C@H](O)CN(C)S(=O)(=O)c1cc(Br)ccc1Cl. The second-order valence-corrected chi connectivity index (χ2v) is 7.05. The highest BCUT2D eigenvalue weighted by Crippen LogP contribution is 2.27. The van der Waals surface area contributed by atoms with E-state index in [1.807, 2.05) is 0 Å². The van der Waals surface area contributed by atoms with Crippen molar-refractivity contribution in [1.82, 2.24) is 4.31 Å². The standard InChI is InChI=1S/C10H13BrClNO3S/c1-7(14)6-13(2)17(15,16)10-5-8(11)3-4-9(10)12/h3-5,7,14H,6H2,1-2H3/t7-/m0/s1. The number of hydrogen-bond acceptors (Lipinski definition) is 3. The van der Waals surface area contributed by atoms with E-state index in [0.29, 0.717) is 4.47 Å². The number of nitrogens with zero attached hydrogens (tertiary/aromatic N) is 1. The molecule has 1 rings (SSSR count).